The molecule has 0 aliphatic carbocycles. The molecule has 0 spiro atoms. The largest absolute Gasteiger partial charge is 0.476 e. The third-order valence-electron chi connectivity index (χ3n) is 2.68. The highest BCUT2D eigenvalue weighted by Gasteiger charge is 2.17. The summed E-state index contributed by atoms with van der Waals surface area (Å²) in [5.74, 6) is 0.0938. The smallest absolute Gasteiger partial charge is 0.262 e. The van der Waals surface area contributed by atoms with Gasteiger partial charge in [-0.2, -0.15) is 0 Å². The standard InChI is InChI=1S/C14H16ClN3O2/c1-3-18-9-12(14(17-18)20-4-2)13(19)16-11-7-5-10(15)6-8-11/h5-9H,3-4H2,1-2H3,(H,16,19). The summed E-state index contributed by atoms with van der Waals surface area (Å²) in [5.41, 5.74) is 1.09. The van der Waals surface area contributed by atoms with Gasteiger partial charge in [0.25, 0.3) is 5.91 Å². The Morgan fingerprint density at radius 3 is 2.65 bits per heavy atom. The first-order valence-corrected chi connectivity index (χ1v) is 6.79. The van der Waals surface area contributed by atoms with Crippen molar-refractivity contribution in [3.8, 4) is 5.88 Å². The molecule has 6 heteroatoms. The SMILES string of the molecule is CCOc1nn(CC)cc1C(=O)Nc1ccc(Cl)cc1. The Hall–Kier alpha value is -2.01. The maximum absolute atomic E-state index is 12.2. The predicted molar refractivity (Wildman–Crippen MR) is 78.5 cm³/mol. The van der Waals surface area contributed by atoms with Crippen LogP contribution in [0.25, 0.3) is 0 Å². The lowest BCUT2D eigenvalue weighted by molar-refractivity contribution is 0.102. The van der Waals surface area contributed by atoms with E-state index in [4.69, 9.17) is 16.3 Å². The minimum absolute atomic E-state index is 0.254. The fourth-order valence-corrected chi connectivity index (χ4v) is 1.82. The molecule has 2 aromatic rings. The molecule has 0 saturated carbocycles. The highest BCUT2D eigenvalue weighted by atomic mass is 35.5. The van der Waals surface area contributed by atoms with Crippen LogP contribution in [0.5, 0.6) is 5.88 Å². The van der Waals surface area contributed by atoms with Crippen molar-refractivity contribution in [2.24, 2.45) is 0 Å². The molecule has 0 radical (unpaired) electrons. The van der Waals surface area contributed by atoms with E-state index >= 15 is 0 Å². The fraction of sp³-hybridized carbons (Fsp3) is 0.286. The van der Waals surface area contributed by atoms with Gasteiger partial charge in [-0.15, -0.1) is 5.10 Å². The van der Waals surface area contributed by atoms with Gasteiger partial charge in [0.05, 0.1) is 6.61 Å². The van der Waals surface area contributed by atoms with E-state index in [1.54, 1.807) is 35.1 Å². The topological polar surface area (TPSA) is 56.2 Å². The van der Waals surface area contributed by atoms with E-state index < -0.39 is 0 Å². The second-order valence-electron chi connectivity index (χ2n) is 4.10. The van der Waals surface area contributed by atoms with Crippen LogP contribution in [0.2, 0.25) is 5.02 Å². The van der Waals surface area contributed by atoms with Gasteiger partial charge in [0.2, 0.25) is 5.88 Å². The van der Waals surface area contributed by atoms with Gasteiger partial charge in [-0.3, -0.25) is 9.48 Å². The molecular weight excluding hydrogens is 278 g/mol. The van der Waals surface area contributed by atoms with Crippen LogP contribution in [0.4, 0.5) is 5.69 Å². The zero-order valence-electron chi connectivity index (χ0n) is 11.4. The molecule has 106 valence electrons. The third-order valence-corrected chi connectivity index (χ3v) is 2.93. The van der Waals surface area contributed by atoms with Crippen molar-refractivity contribution in [2.45, 2.75) is 20.4 Å². The number of nitrogens with zero attached hydrogens (tertiary/aromatic N) is 2. The van der Waals surface area contributed by atoms with Crippen LogP contribution in [0, 0.1) is 0 Å². The third kappa shape index (κ3) is 3.30. The number of carbonyl (C=O) groups is 1. The molecule has 0 fully saturated rings. The molecule has 20 heavy (non-hydrogen) atoms. The first-order chi connectivity index (χ1) is 9.63. The summed E-state index contributed by atoms with van der Waals surface area (Å²) in [5, 5.41) is 7.62. The maximum atomic E-state index is 12.2. The second kappa shape index (κ2) is 6.43. The first-order valence-electron chi connectivity index (χ1n) is 6.41. The Bertz CT molecular complexity index is 593. The summed E-state index contributed by atoms with van der Waals surface area (Å²) >= 11 is 5.81. The van der Waals surface area contributed by atoms with E-state index in [1.165, 1.54) is 0 Å². The average molecular weight is 294 g/mol. The predicted octanol–water partition coefficient (Wildman–Crippen LogP) is 3.21. The summed E-state index contributed by atoms with van der Waals surface area (Å²) in [4.78, 5) is 12.2. The molecule has 1 aromatic carbocycles. The van der Waals surface area contributed by atoms with Gasteiger partial charge in [0, 0.05) is 23.5 Å². The zero-order chi connectivity index (χ0) is 14.5. The Labute approximate surface area is 122 Å². The molecule has 0 unspecified atom stereocenters. The van der Waals surface area contributed by atoms with Gasteiger partial charge < -0.3 is 10.1 Å². The number of benzene rings is 1. The molecular formula is C14H16ClN3O2. The van der Waals surface area contributed by atoms with Gasteiger partial charge in [0.15, 0.2) is 0 Å². The number of anilines is 1. The number of hydrogen-bond acceptors (Lipinski definition) is 3. The molecule has 0 aliphatic rings. The van der Waals surface area contributed by atoms with Crippen molar-refractivity contribution in [2.75, 3.05) is 11.9 Å². The van der Waals surface area contributed by atoms with Crippen molar-refractivity contribution in [3.05, 3.63) is 41.0 Å². The van der Waals surface area contributed by atoms with Crippen molar-refractivity contribution >= 4 is 23.2 Å². The number of rotatable bonds is 5. The van der Waals surface area contributed by atoms with Crippen LogP contribution in [0.15, 0.2) is 30.5 Å². The summed E-state index contributed by atoms with van der Waals surface area (Å²) < 4.78 is 7.05. The summed E-state index contributed by atoms with van der Waals surface area (Å²) in [7, 11) is 0. The lowest BCUT2D eigenvalue weighted by Crippen LogP contribution is -2.12. The monoisotopic (exact) mass is 293 g/mol. The van der Waals surface area contributed by atoms with Gasteiger partial charge in [-0.1, -0.05) is 11.6 Å². The first kappa shape index (κ1) is 14.4. The van der Waals surface area contributed by atoms with E-state index in [0.29, 0.717) is 35.3 Å². The van der Waals surface area contributed by atoms with Crippen molar-refractivity contribution in [3.63, 3.8) is 0 Å². The number of ether oxygens (including phenoxy) is 1. The van der Waals surface area contributed by atoms with E-state index in [-0.39, 0.29) is 5.91 Å². The molecule has 0 bridgehead atoms. The lowest BCUT2D eigenvalue weighted by atomic mass is 10.2. The Morgan fingerprint density at radius 1 is 1.35 bits per heavy atom. The van der Waals surface area contributed by atoms with Crippen molar-refractivity contribution in [1.29, 1.82) is 0 Å². The van der Waals surface area contributed by atoms with Gasteiger partial charge in [-0.25, -0.2) is 0 Å². The minimum atomic E-state index is -0.254. The molecule has 0 atom stereocenters. The molecule has 2 rings (SSSR count). The van der Waals surface area contributed by atoms with Gasteiger partial charge in [0.1, 0.15) is 5.56 Å². The van der Waals surface area contributed by atoms with E-state index in [2.05, 4.69) is 10.4 Å². The molecule has 1 amide bonds. The Kier molecular flexibility index (Phi) is 4.63. The van der Waals surface area contributed by atoms with E-state index in [9.17, 15) is 4.79 Å². The van der Waals surface area contributed by atoms with Crippen LogP contribution >= 0.6 is 11.6 Å². The number of hydrogen-bond donors (Lipinski definition) is 1. The zero-order valence-corrected chi connectivity index (χ0v) is 12.1. The lowest BCUT2D eigenvalue weighted by Gasteiger charge is -2.05. The van der Waals surface area contributed by atoms with Crippen molar-refractivity contribution < 1.29 is 9.53 Å². The molecule has 1 heterocycles. The van der Waals surface area contributed by atoms with Crippen LogP contribution in [0.1, 0.15) is 24.2 Å². The molecule has 1 N–H and O–H groups in total. The number of aryl methyl sites for hydroxylation is 1. The molecule has 0 saturated heterocycles. The quantitative estimate of drug-likeness (QED) is 0.921. The maximum Gasteiger partial charge on any atom is 0.262 e. The highest BCUT2D eigenvalue weighted by molar-refractivity contribution is 6.30. The number of carbonyl (C=O) groups excluding carboxylic acids is 1. The molecule has 5 nitrogen and oxygen atoms in total. The normalized spacial score (nSPS) is 10.3. The van der Waals surface area contributed by atoms with Crippen LogP contribution in [0.3, 0.4) is 0 Å². The van der Waals surface area contributed by atoms with E-state index in [1.807, 2.05) is 13.8 Å². The summed E-state index contributed by atoms with van der Waals surface area (Å²) in [6.07, 6.45) is 1.68. The Balaban J connectivity index is 2.19. The van der Waals surface area contributed by atoms with Gasteiger partial charge in [-0.05, 0) is 38.1 Å². The number of amides is 1. The number of nitrogens with one attached hydrogen (secondary N) is 1. The molecule has 1 aromatic heterocycles. The highest BCUT2D eigenvalue weighted by Crippen LogP contribution is 2.19. The number of aromatic nitrogens is 2. The van der Waals surface area contributed by atoms with Gasteiger partial charge >= 0.3 is 0 Å². The second-order valence-corrected chi connectivity index (χ2v) is 4.53. The fourth-order valence-electron chi connectivity index (χ4n) is 1.70. The van der Waals surface area contributed by atoms with Crippen molar-refractivity contribution in [1.82, 2.24) is 9.78 Å². The van der Waals surface area contributed by atoms with E-state index in [0.717, 1.165) is 0 Å². The minimum Gasteiger partial charge on any atom is -0.476 e. The van der Waals surface area contributed by atoms with Crippen LogP contribution in [-0.2, 0) is 6.54 Å². The average Bonchev–Trinajstić information content (AvgIpc) is 2.85. The summed E-state index contributed by atoms with van der Waals surface area (Å²) in [6.45, 7) is 4.94. The summed E-state index contributed by atoms with van der Waals surface area (Å²) in [6, 6.07) is 6.92. The number of halogens is 1. The van der Waals surface area contributed by atoms with Crippen LogP contribution in [-0.4, -0.2) is 22.3 Å². The van der Waals surface area contributed by atoms with Crippen LogP contribution < -0.4 is 10.1 Å². The Morgan fingerprint density at radius 2 is 2.05 bits per heavy atom. The molecule has 0 aliphatic heterocycles.